The number of halogens is 1. The van der Waals surface area contributed by atoms with Crippen LogP contribution in [0.5, 0.6) is 11.5 Å². The summed E-state index contributed by atoms with van der Waals surface area (Å²) >= 11 is 6.03. The van der Waals surface area contributed by atoms with E-state index < -0.39 is 5.60 Å². The molecule has 0 spiro atoms. The van der Waals surface area contributed by atoms with Crippen molar-refractivity contribution in [3.63, 3.8) is 0 Å². The molecule has 20 heavy (non-hydrogen) atoms. The summed E-state index contributed by atoms with van der Waals surface area (Å²) in [5.74, 6) is 6.97. The van der Waals surface area contributed by atoms with Crippen molar-refractivity contribution in [3.8, 4) is 23.3 Å². The van der Waals surface area contributed by atoms with Crippen LogP contribution in [-0.2, 0) is 0 Å². The van der Waals surface area contributed by atoms with Crippen LogP contribution in [0.2, 0.25) is 5.02 Å². The van der Waals surface area contributed by atoms with Gasteiger partial charge in [0.15, 0.2) is 0 Å². The van der Waals surface area contributed by atoms with E-state index in [1.165, 1.54) is 0 Å². The monoisotopic (exact) mass is 286 g/mol. The minimum Gasteiger partial charge on any atom is -0.456 e. The Labute approximate surface area is 124 Å². The molecule has 0 atom stereocenters. The van der Waals surface area contributed by atoms with Gasteiger partial charge >= 0.3 is 0 Å². The molecular weight excluding hydrogens is 272 g/mol. The van der Waals surface area contributed by atoms with Crippen LogP contribution in [0.3, 0.4) is 0 Å². The average molecular weight is 287 g/mol. The summed E-state index contributed by atoms with van der Waals surface area (Å²) in [7, 11) is 0. The van der Waals surface area contributed by atoms with E-state index in [1.807, 2.05) is 42.5 Å². The van der Waals surface area contributed by atoms with Gasteiger partial charge in [-0.2, -0.15) is 0 Å². The summed E-state index contributed by atoms with van der Waals surface area (Å²) < 4.78 is 5.68. The maximum Gasteiger partial charge on any atom is 0.146 e. The Morgan fingerprint density at radius 3 is 2.30 bits per heavy atom. The highest BCUT2D eigenvalue weighted by Crippen LogP contribution is 2.28. The molecule has 0 unspecified atom stereocenters. The van der Waals surface area contributed by atoms with Gasteiger partial charge in [0, 0.05) is 5.56 Å². The van der Waals surface area contributed by atoms with Gasteiger partial charge in [0.05, 0.1) is 5.02 Å². The van der Waals surface area contributed by atoms with E-state index in [2.05, 4.69) is 11.8 Å². The van der Waals surface area contributed by atoms with Crippen molar-refractivity contribution in [2.45, 2.75) is 19.4 Å². The van der Waals surface area contributed by atoms with E-state index in [4.69, 9.17) is 16.3 Å². The largest absolute Gasteiger partial charge is 0.456 e. The van der Waals surface area contributed by atoms with Crippen LogP contribution in [0, 0.1) is 11.8 Å². The molecule has 3 heteroatoms. The van der Waals surface area contributed by atoms with E-state index in [9.17, 15) is 5.11 Å². The van der Waals surface area contributed by atoms with Crippen LogP contribution in [0.15, 0.2) is 48.5 Å². The second-order valence-electron chi connectivity index (χ2n) is 4.87. The molecule has 0 saturated heterocycles. The number of aliphatic hydroxyl groups is 1. The van der Waals surface area contributed by atoms with Crippen LogP contribution < -0.4 is 4.74 Å². The van der Waals surface area contributed by atoms with Crippen molar-refractivity contribution in [3.05, 3.63) is 59.1 Å². The summed E-state index contributed by atoms with van der Waals surface area (Å²) in [4.78, 5) is 0. The number of ether oxygens (including phenoxy) is 1. The lowest BCUT2D eigenvalue weighted by Gasteiger charge is -2.07. The highest BCUT2D eigenvalue weighted by molar-refractivity contribution is 6.32. The smallest absolute Gasteiger partial charge is 0.146 e. The Bertz CT molecular complexity index is 643. The molecule has 0 heterocycles. The van der Waals surface area contributed by atoms with E-state index in [1.54, 1.807) is 19.9 Å². The van der Waals surface area contributed by atoms with Gasteiger partial charge in [-0.1, -0.05) is 35.6 Å². The van der Waals surface area contributed by atoms with Crippen molar-refractivity contribution in [1.82, 2.24) is 0 Å². The summed E-state index contributed by atoms with van der Waals surface area (Å²) in [6.45, 7) is 3.30. The molecule has 0 radical (unpaired) electrons. The first-order chi connectivity index (χ1) is 9.44. The van der Waals surface area contributed by atoms with Crippen LogP contribution >= 0.6 is 11.6 Å². The first-order valence-electron chi connectivity index (χ1n) is 6.22. The van der Waals surface area contributed by atoms with Crippen LogP contribution in [0.1, 0.15) is 19.4 Å². The highest BCUT2D eigenvalue weighted by atomic mass is 35.5. The Morgan fingerprint density at radius 2 is 1.70 bits per heavy atom. The van der Waals surface area contributed by atoms with Gasteiger partial charge in [0.2, 0.25) is 0 Å². The summed E-state index contributed by atoms with van der Waals surface area (Å²) in [6.07, 6.45) is 0. The molecule has 0 amide bonds. The van der Waals surface area contributed by atoms with Gasteiger partial charge in [0.1, 0.15) is 17.1 Å². The third kappa shape index (κ3) is 4.31. The maximum atomic E-state index is 9.55. The normalized spacial score (nSPS) is 10.6. The average Bonchev–Trinajstić information content (AvgIpc) is 2.40. The van der Waals surface area contributed by atoms with E-state index in [0.29, 0.717) is 16.5 Å². The zero-order valence-electron chi connectivity index (χ0n) is 11.4. The SMILES string of the molecule is CC(C)(O)C#Cc1ccc(Oc2ccccc2Cl)cc1. The van der Waals surface area contributed by atoms with Crippen LogP contribution in [0.25, 0.3) is 0 Å². The molecule has 2 nitrogen and oxygen atoms in total. The van der Waals surface area contributed by atoms with E-state index in [-0.39, 0.29) is 0 Å². The summed E-state index contributed by atoms with van der Waals surface area (Å²) in [6, 6.07) is 14.6. The number of hydrogen-bond donors (Lipinski definition) is 1. The number of benzene rings is 2. The van der Waals surface area contributed by atoms with Gasteiger partial charge in [0.25, 0.3) is 0 Å². The van der Waals surface area contributed by atoms with Gasteiger partial charge in [-0.25, -0.2) is 0 Å². The molecule has 1 N–H and O–H groups in total. The minimum atomic E-state index is -0.993. The lowest BCUT2D eigenvalue weighted by Crippen LogP contribution is -2.14. The Kier molecular flexibility index (Phi) is 4.34. The fraction of sp³-hybridized carbons (Fsp3) is 0.176. The predicted octanol–water partition coefficient (Wildman–Crippen LogP) is 4.25. The number of hydrogen-bond acceptors (Lipinski definition) is 2. The van der Waals surface area contributed by atoms with Gasteiger partial charge in [-0.3, -0.25) is 0 Å². The predicted molar refractivity (Wildman–Crippen MR) is 81.1 cm³/mol. The minimum absolute atomic E-state index is 0.568. The van der Waals surface area contributed by atoms with Gasteiger partial charge in [-0.15, -0.1) is 0 Å². The van der Waals surface area contributed by atoms with Crippen molar-refractivity contribution >= 4 is 11.6 Å². The molecule has 0 saturated carbocycles. The zero-order valence-corrected chi connectivity index (χ0v) is 12.1. The third-order valence-corrected chi connectivity index (χ3v) is 2.74. The van der Waals surface area contributed by atoms with Gasteiger partial charge in [-0.05, 0) is 50.2 Å². The van der Waals surface area contributed by atoms with E-state index in [0.717, 1.165) is 5.56 Å². The lowest BCUT2D eigenvalue weighted by molar-refractivity contribution is 0.143. The first kappa shape index (κ1) is 14.5. The molecule has 2 aromatic rings. The Hall–Kier alpha value is -1.95. The van der Waals surface area contributed by atoms with Crippen LogP contribution in [-0.4, -0.2) is 10.7 Å². The fourth-order valence-electron chi connectivity index (χ4n) is 1.49. The summed E-state index contributed by atoms with van der Waals surface area (Å²) in [5.41, 5.74) is -0.175. The van der Waals surface area contributed by atoms with Crippen molar-refractivity contribution in [2.24, 2.45) is 0 Å². The van der Waals surface area contributed by atoms with Crippen LogP contribution in [0.4, 0.5) is 0 Å². The standard InChI is InChI=1S/C17H15ClO2/c1-17(2,19)12-11-13-7-9-14(10-8-13)20-16-6-4-3-5-15(16)18/h3-10,19H,1-2H3. The van der Waals surface area contributed by atoms with E-state index >= 15 is 0 Å². The second kappa shape index (κ2) is 6.00. The molecule has 0 aliphatic rings. The first-order valence-corrected chi connectivity index (χ1v) is 6.60. The number of rotatable bonds is 2. The lowest BCUT2D eigenvalue weighted by atomic mass is 10.1. The topological polar surface area (TPSA) is 29.5 Å². The molecule has 0 bridgehead atoms. The quantitative estimate of drug-likeness (QED) is 0.836. The highest BCUT2D eigenvalue weighted by Gasteiger charge is 2.06. The molecule has 102 valence electrons. The molecular formula is C17H15ClO2. The van der Waals surface area contributed by atoms with Crippen molar-refractivity contribution in [1.29, 1.82) is 0 Å². The maximum absolute atomic E-state index is 9.55. The molecule has 0 aliphatic carbocycles. The summed E-state index contributed by atoms with van der Waals surface area (Å²) in [5, 5.41) is 10.1. The third-order valence-electron chi connectivity index (χ3n) is 2.43. The van der Waals surface area contributed by atoms with Crippen molar-refractivity contribution in [2.75, 3.05) is 0 Å². The molecule has 2 rings (SSSR count). The molecule has 0 fully saturated rings. The molecule has 0 aliphatic heterocycles. The van der Waals surface area contributed by atoms with Gasteiger partial charge < -0.3 is 9.84 Å². The fourth-order valence-corrected chi connectivity index (χ4v) is 1.66. The molecule has 2 aromatic carbocycles. The number of para-hydroxylation sites is 1. The van der Waals surface area contributed by atoms with Crippen molar-refractivity contribution < 1.29 is 9.84 Å². The second-order valence-corrected chi connectivity index (χ2v) is 5.27. The zero-order chi connectivity index (χ0) is 14.6. The Morgan fingerprint density at radius 1 is 1.05 bits per heavy atom. The molecule has 0 aromatic heterocycles. The Balaban J connectivity index is 2.13.